The number of H-pyrrole nitrogens is 1. The number of benzene rings is 2. The van der Waals surface area contributed by atoms with Crippen LogP contribution in [0.4, 0.5) is 0 Å². The highest BCUT2D eigenvalue weighted by Crippen LogP contribution is 2.18. The summed E-state index contributed by atoms with van der Waals surface area (Å²) in [6.07, 6.45) is 1.66. The van der Waals surface area contributed by atoms with Gasteiger partial charge in [0.1, 0.15) is 5.75 Å². The van der Waals surface area contributed by atoms with Gasteiger partial charge >= 0.3 is 0 Å². The minimum atomic E-state index is -0.299. The fourth-order valence-corrected chi connectivity index (χ4v) is 2.29. The Morgan fingerprint density at radius 1 is 1.09 bits per heavy atom. The van der Waals surface area contributed by atoms with E-state index in [0.29, 0.717) is 16.8 Å². The molecule has 0 aliphatic rings. The third kappa shape index (κ3) is 2.56. The van der Waals surface area contributed by atoms with Gasteiger partial charge in [-0.15, -0.1) is 0 Å². The van der Waals surface area contributed by atoms with Crippen LogP contribution in [0.15, 0.2) is 59.8 Å². The molecule has 0 saturated heterocycles. The first-order valence-corrected chi connectivity index (χ1v) is 6.86. The molecule has 5 heteroatoms. The fourth-order valence-electron chi connectivity index (χ4n) is 2.29. The van der Waals surface area contributed by atoms with Crippen LogP contribution in [0.25, 0.3) is 10.9 Å². The van der Waals surface area contributed by atoms with Crippen LogP contribution in [-0.2, 0) is 0 Å². The lowest BCUT2D eigenvalue weighted by molar-refractivity contribution is 0.0956. The van der Waals surface area contributed by atoms with Gasteiger partial charge < -0.3 is 10.1 Å². The van der Waals surface area contributed by atoms with Crippen LogP contribution in [0.1, 0.15) is 22.8 Å². The molecule has 22 heavy (non-hydrogen) atoms. The van der Waals surface area contributed by atoms with E-state index in [-0.39, 0.29) is 11.7 Å². The van der Waals surface area contributed by atoms with E-state index in [0.717, 1.165) is 10.9 Å². The third-order valence-corrected chi connectivity index (χ3v) is 3.45. The van der Waals surface area contributed by atoms with E-state index < -0.39 is 0 Å². The van der Waals surface area contributed by atoms with Gasteiger partial charge in [0.05, 0.1) is 11.3 Å². The molecule has 0 radical (unpaired) electrons. The number of para-hydroxylation sites is 2. The largest absolute Gasteiger partial charge is 0.507 e. The first kappa shape index (κ1) is 13.9. The summed E-state index contributed by atoms with van der Waals surface area (Å²) in [5.41, 5.74) is 5.07. The van der Waals surface area contributed by atoms with Gasteiger partial charge in [0.15, 0.2) is 0 Å². The maximum absolute atomic E-state index is 12.2. The van der Waals surface area contributed by atoms with Crippen LogP contribution in [0.5, 0.6) is 5.75 Å². The first-order valence-electron chi connectivity index (χ1n) is 6.86. The molecule has 1 aromatic heterocycles. The molecule has 0 spiro atoms. The van der Waals surface area contributed by atoms with Gasteiger partial charge in [0.25, 0.3) is 5.91 Å². The average molecular weight is 293 g/mol. The van der Waals surface area contributed by atoms with Crippen LogP contribution in [0.3, 0.4) is 0 Å². The smallest absolute Gasteiger partial charge is 0.273 e. The van der Waals surface area contributed by atoms with E-state index in [1.807, 2.05) is 24.3 Å². The molecule has 0 saturated carbocycles. The second-order valence-corrected chi connectivity index (χ2v) is 4.90. The Bertz CT molecular complexity index is 865. The number of hydrogen-bond donors (Lipinski definition) is 3. The number of carbonyl (C=O) groups is 1. The lowest BCUT2D eigenvalue weighted by Crippen LogP contribution is -2.19. The number of amides is 1. The lowest BCUT2D eigenvalue weighted by atomic mass is 10.1. The Hall–Kier alpha value is -3.08. The third-order valence-electron chi connectivity index (χ3n) is 3.45. The Balaban J connectivity index is 1.83. The van der Waals surface area contributed by atoms with E-state index in [9.17, 15) is 9.90 Å². The van der Waals surface area contributed by atoms with Crippen LogP contribution in [0, 0.1) is 0 Å². The van der Waals surface area contributed by atoms with Gasteiger partial charge in [-0.1, -0.05) is 30.3 Å². The summed E-state index contributed by atoms with van der Waals surface area (Å²) < 4.78 is 0. The second kappa shape index (κ2) is 5.73. The number of phenols is 1. The van der Waals surface area contributed by atoms with Gasteiger partial charge in [0, 0.05) is 22.7 Å². The van der Waals surface area contributed by atoms with E-state index in [2.05, 4.69) is 15.5 Å². The first-order chi connectivity index (χ1) is 10.7. The highest BCUT2D eigenvalue weighted by atomic mass is 16.3. The molecule has 3 rings (SSSR count). The van der Waals surface area contributed by atoms with Gasteiger partial charge in [0.2, 0.25) is 0 Å². The van der Waals surface area contributed by atoms with Crippen LogP contribution >= 0.6 is 0 Å². The highest BCUT2D eigenvalue weighted by molar-refractivity contribution is 6.08. The maximum atomic E-state index is 12.2. The molecule has 0 aliphatic heterocycles. The molecule has 3 aromatic rings. The summed E-state index contributed by atoms with van der Waals surface area (Å²) in [4.78, 5) is 15.3. The molecule has 2 aromatic carbocycles. The Kier molecular flexibility index (Phi) is 3.62. The molecule has 1 amide bonds. The van der Waals surface area contributed by atoms with Crippen molar-refractivity contribution in [2.24, 2.45) is 5.10 Å². The molecular formula is C17H15N3O2. The molecular weight excluding hydrogens is 278 g/mol. The summed E-state index contributed by atoms with van der Waals surface area (Å²) in [7, 11) is 0. The molecule has 5 nitrogen and oxygen atoms in total. The van der Waals surface area contributed by atoms with Crippen molar-refractivity contribution in [2.75, 3.05) is 0 Å². The standard InChI is InChI=1S/C17H15N3O2/c1-11(12-6-3-5-9-16(12)21)19-20-17(22)14-10-18-15-8-4-2-7-13(14)15/h2-10,18,21H,1H3,(H,20,22)/b19-11+. The summed E-state index contributed by atoms with van der Waals surface area (Å²) >= 11 is 0. The van der Waals surface area contributed by atoms with Crippen molar-refractivity contribution in [2.45, 2.75) is 6.92 Å². The zero-order valence-electron chi connectivity index (χ0n) is 12.0. The maximum Gasteiger partial charge on any atom is 0.273 e. The van der Waals surface area contributed by atoms with Crippen LogP contribution < -0.4 is 5.43 Å². The summed E-state index contributed by atoms with van der Waals surface area (Å²) in [5, 5.41) is 14.7. The fraction of sp³-hybridized carbons (Fsp3) is 0.0588. The van der Waals surface area contributed by atoms with Crippen molar-refractivity contribution in [1.29, 1.82) is 0 Å². The van der Waals surface area contributed by atoms with E-state index >= 15 is 0 Å². The molecule has 110 valence electrons. The zero-order chi connectivity index (χ0) is 15.5. The zero-order valence-corrected chi connectivity index (χ0v) is 12.0. The summed E-state index contributed by atoms with van der Waals surface area (Å²) in [6.45, 7) is 1.73. The SMILES string of the molecule is C/C(=N\NC(=O)c1c[nH]c2ccccc12)c1ccccc1O. The number of hydrazone groups is 1. The van der Waals surface area contributed by atoms with Crippen LogP contribution in [0.2, 0.25) is 0 Å². The Labute approximate surface area is 127 Å². The van der Waals surface area contributed by atoms with Gasteiger partial charge in [-0.3, -0.25) is 4.79 Å². The predicted molar refractivity (Wildman–Crippen MR) is 86.1 cm³/mol. The number of hydrogen-bond acceptors (Lipinski definition) is 3. The highest BCUT2D eigenvalue weighted by Gasteiger charge is 2.11. The molecule has 0 atom stereocenters. The van der Waals surface area contributed by atoms with E-state index in [1.165, 1.54) is 0 Å². The van der Waals surface area contributed by atoms with Crippen molar-refractivity contribution < 1.29 is 9.90 Å². The minimum Gasteiger partial charge on any atom is -0.507 e. The average Bonchev–Trinajstić information content (AvgIpc) is 2.97. The van der Waals surface area contributed by atoms with Crippen LogP contribution in [-0.4, -0.2) is 21.7 Å². The van der Waals surface area contributed by atoms with Gasteiger partial charge in [-0.25, -0.2) is 5.43 Å². The molecule has 0 fully saturated rings. The molecule has 1 heterocycles. The minimum absolute atomic E-state index is 0.130. The number of aromatic hydroxyl groups is 1. The van der Waals surface area contributed by atoms with Crippen molar-refractivity contribution in [3.8, 4) is 5.75 Å². The second-order valence-electron chi connectivity index (χ2n) is 4.90. The topological polar surface area (TPSA) is 77.5 Å². The Morgan fingerprint density at radius 3 is 2.64 bits per heavy atom. The van der Waals surface area contributed by atoms with Crippen molar-refractivity contribution in [1.82, 2.24) is 10.4 Å². The molecule has 0 bridgehead atoms. The quantitative estimate of drug-likeness (QED) is 0.513. The van der Waals surface area contributed by atoms with E-state index in [4.69, 9.17) is 0 Å². The predicted octanol–water partition coefficient (Wildman–Crippen LogP) is 3.03. The molecule has 3 N–H and O–H groups in total. The number of fused-ring (bicyclic) bond motifs is 1. The number of nitrogens with one attached hydrogen (secondary N) is 2. The number of aromatic amines is 1. The number of carbonyl (C=O) groups excluding carboxylic acids is 1. The number of aromatic nitrogens is 1. The summed E-state index contributed by atoms with van der Waals surface area (Å²) in [6, 6.07) is 14.4. The Morgan fingerprint density at radius 2 is 1.82 bits per heavy atom. The van der Waals surface area contributed by atoms with E-state index in [1.54, 1.807) is 37.4 Å². The normalized spacial score (nSPS) is 11.6. The number of rotatable bonds is 3. The van der Waals surface area contributed by atoms with Gasteiger partial charge in [-0.05, 0) is 25.1 Å². The molecule has 0 aliphatic carbocycles. The monoisotopic (exact) mass is 293 g/mol. The lowest BCUT2D eigenvalue weighted by Gasteiger charge is -2.04. The van der Waals surface area contributed by atoms with Crippen molar-refractivity contribution in [3.05, 3.63) is 65.9 Å². The van der Waals surface area contributed by atoms with Crippen molar-refractivity contribution in [3.63, 3.8) is 0 Å². The van der Waals surface area contributed by atoms with Gasteiger partial charge in [-0.2, -0.15) is 5.10 Å². The molecule has 0 unspecified atom stereocenters. The van der Waals surface area contributed by atoms with Crippen molar-refractivity contribution >= 4 is 22.5 Å². The number of phenolic OH excluding ortho intramolecular Hbond substituents is 1. The number of nitrogens with zero attached hydrogens (tertiary/aromatic N) is 1. The summed E-state index contributed by atoms with van der Waals surface area (Å²) in [5.74, 6) is -0.169.